The average Bonchev–Trinajstić information content (AvgIpc) is 3.11. The van der Waals surface area contributed by atoms with Gasteiger partial charge in [-0.25, -0.2) is 0 Å². The molecule has 2 aliphatic rings. The van der Waals surface area contributed by atoms with E-state index in [1.807, 2.05) is 25.1 Å². The second-order valence-corrected chi connectivity index (χ2v) is 13.2. The molecular formula is C38H51N5O4. The summed E-state index contributed by atoms with van der Waals surface area (Å²) in [5.74, 6) is -0.209. The van der Waals surface area contributed by atoms with E-state index in [9.17, 15) is 9.59 Å². The molecule has 47 heavy (non-hydrogen) atoms. The Bertz CT molecular complexity index is 1430. The zero-order chi connectivity index (χ0) is 33.2. The standard InChI is InChI=1S/C38H51N5O4/c1-40(2)34-14-10-32(11-15-34)31-8-5-29(6-9-31)28-43(35-25-30(26-39-27-35)7-18-37(44)46-4)38(45)33-12-16-36(17-13-33)47-24-23-42-21-19-41(3)20-22-42/h5-6,8-11,14-15,25-27,33,36H,7,12-13,16-24,28H2,1-4H3. The van der Waals surface area contributed by atoms with Gasteiger partial charge in [-0.3, -0.25) is 19.5 Å². The Kier molecular flexibility index (Phi) is 12.4. The number of hydrogen-bond acceptors (Lipinski definition) is 8. The number of likely N-dealkylation sites (N-methyl/N-ethyl adjacent to an activating group) is 1. The number of amides is 1. The number of pyridine rings is 1. The number of carbonyl (C=O) groups excluding carboxylic acids is 2. The van der Waals surface area contributed by atoms with Crippen molar-refractivity contribution in [1.29, 1.82) is 0 Å². The predicted molar refractivity (Wildman–Crippen MR) is 188 cm³/mol. The van der Waals surface area contributed by atoms with Crippen LogP contribution in [0.25, 0.3) is 11.1 Å². The van der Waals surface area contributed by atoms with Crippen molar-refractivity contribution < 1.29 is 19.1 Å². The Hall–Kier alpha value is -3.79. The summed E-state index contributed by atoms with van der Waals surface area (Å²) >= 11 is 0. The minimum Gasteiger partial charge on any atom is -0.469 e. The summed E-state index contributed by atoms with van der Waals surface area (Å²) in [5, 5.41) is 0. The lowest BCUT2D eigenvalue weighted by Crippen LogP contribution is -2.45. The van der Waals surface area contributed by atoms with Gasteiger partial charge >= 0.3 is 5.97 Å². The summed E-state index contributed by atoms with van der Waals surface area (Å²) in [6.45, 7) is 6.59. The number of aromatic nitrogens is 1. The van der Waals surface area contributed by atoms with Gasteiger partial charge in [0.2, 0.25) is 5.91 Å². The number of rotatable bonds is 13. The van der Waals surface area contributed by atoms with E-state index in [0.29, 0.717) is 13.0 Å². The van der Waals surface area contributed by atoms with Gasteiger partial charge in [-0.15, -0.1) is 0 Å². The van der Waals surface area contributed by atoms with Gasteiger partial charge in [0.25, 0.3) is 0 Å². The lowest BCUT2D eigenvalue weighted by molar-refractivity contribution is -0.140. The first kappa shape index (κ1) is 34.5. The molecule has 1 saturated heterocycles. The van der Waals surface area contributed by atoms with E-state index in [1.165, 1.54) is 7.11 Å². The maximum absolute atomic E-state index is 14.2. The molecule has 0 bridgehead atoms. The van der Waals surface area contributed by atoms with E-state index in [4.69, 9.17) is 9.47 Å². The first-order chi connectivity index (χ1) is 22.8. The van der Waals surface area contributed by atoms with E-state index in [-0.39, 0.29) is 30.3 Å². The fourth-order valence-electron chi connectivity index (χ4n) is 6.46. The number of hydrogen-bond donors (Lipinski definition) is 0. The molecule has 5 rings (SSSR count). The molecule has 0 N–H and O–H groups in total. The SMILES string of the molecule is COC(=O)CCc1cncc(N(Cc2ccc(-c3ccc(N(C)C)cc3)cc2)C(=O)C2CCC(OCCN3CCN(C)CC3)CC2)c1. The zero-order valence-corrected chi connectivity index (χ0v) is 28.6. The number of benzene rings is 2. The topological polar surface area (TPSA) is 78.4 Å². The van der Waals surface area contributed by atoms with Crippen LogP contribution in [0, 0.1) is 5.92 Å². The van der Waals surface area contributed by atoms with E-state index in [2.05, 4.69) is 75.3 Å². The van der Waals surface area contributed by atoms with Crippen molar-refractivity contribution in [3.05, 3.63) is 78.1 Å². The minimum absolute atomic E-state index is 0.0688. The maximum atomic E-state index is 14.2. The third kappa shape index (κ3) is 9.86. The summed E-state index contributed by atoms with van der Waals surface area (Å²) in [6.07, 6.45) is 7.92. The minimum atomic E-state index is -0.262. The van der Waals surface area contributed by atoms with Crippen LogP contribution in [0.15, 0.2) is 67.0 Å². The largest absolute Gasteiger partial charge is 0.469 e. The fourth-order valence-corrected chi connectivity index (χ4v) is 6.46. The quantitative estimate of drug-likeness (QED) is 0.234. The molecule has 0 unspecified atom stereocenters. The third-order valence-corrected chi connectivity index (χ3v) is 9.60. The van der Waals surface area contributed by atoms with Crippen LogP contribution in [0.1, 0.15) is 43.2 Å². The van der Waals surface area contributed by atoms with Gasteiger partial charge in [0.1, 0.15) is 0 Å². The number of esters is 1. The molecule has 0 atom stereocenters. The molecule has 0 radical (unpaired) electrons. The van der Waals surface area contributed by atoms with Crippen LogP contribution in [-0.2, 0) is 32.0 Å². The van der Waals surface area contributed by atoms with Crippen LogP contribution in [0.5, 0.6) is 0 Å². The molecule has 1 aliphatic carbocycles. The molecule has 252 valence electrons. The zero-order valence-electron chi connectivity index (χ0n) is 28.6. The molecule has 2 fully saturated rings. The van der Waals surface area contributed by atoms with Crippen LogP contribution in [-0.4, -0.2) is 100 Å². The smallest absolute Gasteiger partial charge is 0.305 e. The van der Waals surface area contributed by atoms with Crippen molar-refractivity contribution in [3.63, 3.8) is 0 Å². The molecular weight excluding hydrogens is 590 g/mol. The van der Waals surface area contributed by atoms with Crippen molar-refractivity contribution in [1.82, 2.24) is 14.8 Å². The van der Waals surface area contributed by atoms with Crippen molar-refractivity contribution in [2.45, 2.75) is 51.2 Å². The number of methoxy groups -OCH3 is 1. The van der Waals surface area contributed by atoms with Crippen molar-refractivity contribution in [2.24, 2.45) is 5.92 Å². The first-order valence-corrected chi connectivity index (χ1v) is 17.0. The van der Waals surface area contributed by atoms with Gasteiger partial charge < -0.3 is 24.2 Å². The molecule has 1 amide bonds. The molecule has 9 nitrogen and oxygen atoms in total. The number of ether oxygens (including phenoxy) is 2. The molecule has 1 aromatic heterocycles. The maximum Gasteiger partial charge on any atom is 0.305 e. The predicted octanol–water partition coefficient (Wildman–Crippen LogP) is 5.28. The molecule has 9 heteroatoms. The highest BCUT2D eigenvalue weighted by Crippen LogP contribution is 2.31. The highest BCUT2D eigenvalue weighted by atomic mass is 16.5. The lowest BCUT2D eigenvalue weighted by atomic mass is 9.86. The molecule has 1 saturated carbocycles. The van der Waals surface area contributed by atoms with Gasteiger partial charge in [0.05, 0.1) is 38.2 Å². The Morgan fingerprint density at radius 1 is 0.851 bits per heavy atom. The summed E-state index contributed by atoms with van der Waals surface area (Å²) in [7, 11) is 7.65. The molecule has 2 heterocycles. The number of carbonyl (C=O) groups is 2. The average molecular weight is 642 g/mol. The lowest BCUT2D eigenvalue weighted by Gasteiger charge is -2.34. The second-order valence-electron chi connectivity index (χ2n) is 13.2. The molecule has 3 aromatic rings. The summed E-state index contributed by atoms with van der Waals surface area (Å²) in [6, 6.07) is 19.0. The normalized spacial score (nSPS) is 18.9. The van der Waals surface area contributed by atoms with Crippen LogP contribution < -0.4 is 9.80 Å². The highest BCUT2D eigenvalue weighted by molar-refractivity contribution is 5.95. The van der Waals surface area contributed by atoms with Crippen LogP contribution in [0.2, 0.25) is 0 Å². The Labute approximate surface area is 280 Å². The van der Waals surface area contributed by atoms with E-state index in [0.717, 1.165) is 98.6 Å². The number of aryl methyl sites for hydroxylation is 1. The van der Waals surface area contributed by atoms with Crippen molar-refractivity contribution in [3.8, 4) is 11.1 Å². The van der Waals surface area contributed by atoms with Gasteiger partial charge in [-0.05, 0) is 79.6 Å². The Morgan fingerprint density at radius 2 is 1.51 bits per heavy atom. The number of anilines is 2. The second kappa shape index (κ2) is 16.9. The van der Waals surface area contributed by atoms with E-state index >= 15 is 0 Å². The monoisotopic (exact) mass is 641 g/mol. The number of piperazine rings is 1. The first-order valence-electron chi connectivity index (χ1n) is 17.0. The highest BCUT2D eigenvalue weighted by Gasteiger charge is 2.31. The van der Waals surface area contributed by atoms with Crippen LogP contribution in [0.3, 0.4) is 0 Å². The third-order valence-electron chi connectivity index (χ3n) is 9.60. The van der Waals surface area contributed by atoms with Crippen LogP contribution in [0.4, 0.5) is 11.4 Å². The molecule has 2 aromatic carbocycles. The Balaban J connectivity index is 1.24. The number of nitrogens with zero attached hydrogens (tertiary/aromatic N) is 5. The Morgan fingerprint density at radius 3 is 2.15 bits per heavy atom. The van der Waals surface area contributed by atoms with Gasteiger partial charge in [0, 0.05) is 71.0 Å². The molecule has 0 spiro atoms. The van der Waals surface area contributed by atoms with Crippen molar-refractivity contribution in [2.75, 3.05) is 77.4 Å². The van der Waals surface area contributed by atoms with Gasteiger partial charge in [0.15, 0.2) is 0 Å². The fraction of sp³-hybridized carbons (Fsp3) is 0.500. The van der Waals surface area contributed by atoms with E-state index in [1.54, 1.807) is 12.4 Å². The van der Waals surface area contributed by atoms with Crippen molar-refractivity contribution >= 4 is 23.3 Å². The summed E-state index contributed by atoms with van der Waals surface area (Å²) < 4.78 is 11.1. The van der Waals surface area contributed by atoms with Gasteiger partial charge in [-0.2, -0.15) is 0 Å². The molecule has 1 aliphatic heterocycles. The summed E-state index contributed by atoms with van der Waals surface area (Å²) in [5.41, 5.74) is 6.15. The van der Waals surface area contributed by atoms with E-state index < -0.39 is 0 Å². The van der Waals surface area contributed by atoms with Gasteiger partial charge in [-0.1, -0.05) is 36.4 Å². The summed E-state index contributed by atoms with van der Waals surface area (Å²) in [4.78, 5) is 39.3. The van der Waals surface area contributed by atoms with Crippen LogP contribution >= 0.6 is 0 Å².